The average Bonchev–Trinajstić information content (AvgIpc) is 2.60. The summed E-state index contributed by atoms with van der Waals surface area (Å²) in [5.41, 5.74) is 4.17. The topological polar surface area (TPSA) is 54.4 Å². The minimum atomic E-state index is -0.791. The van der Waals surface area contributed by atoms with E-state index in [1.54, 1.807) is 0 Å². The van der Waals surface area contributed by atoms with E-state index in [0.29, 0.717) is 19.3 Å². The Morgan fingerprint density at radius 2 is 1.50 bits per heavy atom. The van der Waals surface area contributed by atoms with E-state index in [1.165, 1.54) is 16.7 Å². The summed E-state index contributed by atoms with van der Waals surface area (Å²) in [6.07, 6.45) is 5.01. The molecule has 0 spiro atoms. The summed E-state index contributed by atoms with van der Waals surface area (Å²) in [5, 5.41) is 8.12. The molecule has 1 N–H and O–H groups in total. The molecular formula is C21H26O3. The fraction of sp³-hybridized carbons (Fsp3) is 0.333. The van der Waals surface area contributed by atoms with Crippen molar-refractivity contribution in [2.24, 2.45) is 0 Å². The van der Waals surface area contributed by atoms with Crippen molar-refractivity contribution in [1.82, 2.24) is 0 Å². The van der Waals surface area contributed by atoms with Gasteiger partial charge in [-0.2, -0.15) is 0 Å². The molecule has 0 unspecified atom stereocenters. The molecule has 0 aliphatic heterocycles. The third kappa shape index (κ3) is 9.57. The Morgan fingerprint density at radius 3 is 2.04 bits per heavy atom. The molecule has 128 valence electrons. The Hall–Kier alpha value is -2.42. The van der Waals surface area contributed by atoms with Crippen LogP contribution >= 0.6 is 0 Å². The highest BCUT2D eigenvalue weighted by Crippen LogP contribution is 2.08. The van der Waals surface area contributed by atoms with E-state index < -0.39 is 5.97 Å². The smallest absolute Gasteiger partial charge is 0.303 e. The molecule has 0 fully saturated rings. The highest BCUT2D eigenvalue weighted by molar-refractivity contribution is 5.66. The number of aldehydes is 1. The molecule has 0 saturated heterocycles. The van der Waals surface area contributed by atoms with Gasteiger partial charge in [-0.1, -0.05) is 60.2 Å². The Bertz CT molecular complexity index is 588. The number of unbranched alkanes of at least 4 members (excludes halogenated alkanes) is 2. The third-order valence-corrected chi connectivity index (χ3v) is 3.63. The molecular weight excluding hydrogens is 300 g/mol. The molecule has 3 heteroatoms. The zero-order chi connectivity index (χ0) is 17.6. The zero-order valence-corrected chi connectivity index (χ0v) is 14.3. The van der Waals surface area contributed by atoms with Gasteiger partial charge < -0.3 is 9.90 Å². The first-order chi connectivity index (χ1) is 11.6. The summed E-state index contributed by atoms with van der Waals surface area (Å²) in [6.45, 7) is 2.13. The normalized spacial score (nSPS) is 9.71. The maximum absolute atomic E-state index is 9.87. The van der Waals surface area contributed by atoms with Crippen LogP contribution in [-0.4, -0.2) is 17.4 Å². The van der Waals surface area contributed by atoms with Gasteiger partial charge in [0.15, 0.2) is 0 Å². The second-order valence-corrected chi connectivity index (χ2v) is 5.78. The Balaban J connectivity index is 0.000000277. The van der Waals surface area contributed by atoms with Crippen molar-refractivity contribution >= 4 is 12.3 Å². The molecule has 0 heterocycles. The number of rotatable bonds is 8. The van der Waals surface area contributed by atoms with Crippen LogP contribution in [0.25, 0.3) is 0 Å². The summed E-state index contributed by atoms with van der Waals surface area (Å²) >= 11 is 0. The SMILES string of the molecule is Cc1ccc(CCc2ccccc2)cc1.O=CCCCCC(=O)O. The van der Waals surface area contributed by atoms with E-state index in [2.05, 4.69) is 61.5 Å². The Kier molecular flexibility index (Phi) is 9.86. The Morgan fingerprint density at radius 1 is 0.917 bits per heavy atom. The van der Waals surface area contributed by atoms with Crippen LogP contribution < -0.4 is 0 Å². The van der Waals surface area contributed by atoms with Crippen LogP contribution in [0.1, 0.15) is 42.4 Å². The van der Waals surface area contributed by atoms with E-state index >= 15 is 0 Å². The van der Waals surface area contributed by atoms with Crippen molar-refractivity contribution in [2.75, 3.05) is 0 Å². The van der Waals surface area contributed by atoms with Crippen molar-refractivity contribution in [2.45, 2.75) is 45.4 Å². The van der Waals surface area contributed by atoms with Crippen molar-refractivity contribution in [1.29, 1.82) is 0 Å². The van der Waals surface area contributed by atoms with E-state index in [0.717, 1.165) is 19.1 Å². The molecule has 0 saturated carbocycles. The van der Waals surface area contributed by atoms with Gasteiger partial charge in [0.25, 0.3) is 0 Å². The van der Waals surface area contributed by atoms with Crippen LogP contribution in [0.4, 0.5) is 0 Å². The summed E-state index contributed by atoms with van der Waals surface area (Å²) in [7, 11) is 0. The largest absolute Gasteiger partial charge is 0.481 e. The first-order valence-electron chi connectivity index (χ1n) is 8.36. The van der Waals surface area contributed by atoms with Gasteiger partial charge in [-0.15, -0.1) is 0 Å². The lowest BCUT2D eigenvalue weighted by Crippen LogP contribution is -1.93. The second-order valence-electron chi connectivity index (χ2n) is 5.78. The first kappa shape index (κ1) is 19.6. The predicted octanol–water partition coefficient (Wildman–Crippen LogP) is 4.61. The highest BCUT2D eigenvalue weighted by atomic mass is 16.4. The fourth-order valence-corrected chi connectivity index (χ4v) is 2.19. The minimum Gasteiger partial charge on any atom is -0.481 e. The molecule has 2 aromatic carbocycles. The molecule has 24 heavy (non-hydrogen) atoms. The number of carbonyl (C=O) groups is 2. The molecule has 0 bridgehead atoms. The number of carboxylic acid groups (broad SMARTS) is 1. The first-order valence-corrected chi connectivity index (χ1v) is 8.36. The lowest BCUT2D eigenvalue weighted by Gasteiger charge is -2.02. The van der Waals surface area contributed by atoms with Gasteiger partial charge in [-0.3, -0.25) is 4.79 Å². The number of aryl methyl sites for hydroxylation is 3. The summed E-state index contributed by atoms with van der Waals surface area (Å²) in [5.74, 6) is -0.791. The van der Waals surface area contributed by atoms with E-state index in [4.69, 9.17) is 5.11 Å². The lowest BCUT2D eigenvalue weighted by atomic mass is 10.0. The molecule has 3 nitrogen and oxygen atoms in total. The number of carbonyl (C=O) groups excluding carboxylic acids is 1. The zero-order valence-electron chi connectivity index (χ0n) is 14.3. The van der Waals surface area contributed by atoms with Crippen LogP contribution in [0.5, 0.6) is 0 Å². The van der Waals surface area contributed by atoms with Crippen molar-refractivity contribution in [3.63, 3.8) is 0 Å². The fourth-order valence-electron chi connectivity index (χ4n) is 2.19. The van der Waals surface area contributed by atoms with Crippen LogP contribution in [0, 0.1) is 6.92 Å². The standard InChI is InChI=1S/C15H16.C6H10O3/c1-13-7-9-15(10-8-13)12-11-14-5-3-2-4-6-14;7-5-3-1-2-4-6(8)9/h2-10H,11-12H2,1H3;5H,1-4H2,(H,8,9). The van der Waals surface area contributed by atoms with Crippen molar-refractivity contribution in [3.05, 3.63) is 71.3 Å². The van der Waals surface area contributed by atoms with Gasteiger partial charge in [0.1, 0.15) is 6.29 Å². The molecule has 0 aliphatic carbocycles. The number of benzene rings is 2. The third-order valence-electron chi connectivity index (χ3n) is 3.63. The monoisotopic (exact) mass is 326 g/mol. The maximum Gasteiger partial charge on any atom is 0.303 e. The van der Waals surface area contributed by atoms with Crippen LogP contribution in [0.2, 0.25) is 0 Å². The number of hydrogen-bond acceptors (Lipinski definition) is 2. The minimum absolute atomic E-state index is 0.174. The van der Waals surface area contributed by atoms with Gasteiger partial charge in [0, 0.05) is 12.8 Å². The number of carboxylic acids is 1. The Labute approximate surface area is 144 Å². The molecule has 0 amide bonds. The van der Waals surface area contributed by atoms with Crippen LogP contribution in [0.15, 0.2) is 54.6 Å². The molecule has 0 aromatic heterocycles. The summed E-state index contributed by atoms with van der Waals surface area (Å²) in [6, 6.07) is 19.4. The van der Waals surface area contributed by atoms with Gasteiger partial charge in [-0.25, -0.2) is 0 Å². The van der Waals surface area contributed by atoms with E-state index in [9.17, 15) is 9.59 Å². The molecule has 0 atom stereocenters. The molecule has 2 aromatic rings. The highest BCUT2D eigenvalue weighted by Gasteiger charge is 1.95. The van der Waals surface area contributed by atoms with Gasteiger partial charge in [0.2, 0.25) is 0 Å². The number of aliphatic carboxylic acids is 1. The van der Waals surface area contributed by atoms with Crippen LogP contribution in [0.3, 0.4) is 0 Å². The average molecular weight is 326 g/mol. The lowest BCUT2D eigenvalue weighted by molar-refractivity contribution is -0.137. The van der Waals surface area contributed by atoms with Crippen LogP contribution in [-0.2, 0) is 22.4 Å². The van der Waals surface area contributed by atoms with Crippen molar-refractivity contribution < 1.29 is 14.7 Å². The van der Waals surface area contributed by atoms with Gasteiger partial charge in [0.05, 0.1) is 0 Å². The predicted molar refractivity (Wildman–Crippen MR) is 97.2 cm³/mol. The van der Waals surface area contributed by atoms with E-state index in [-0.39, 0.29) is 6.42 Å². The second kappa shape index (κ2) is 12.1. The van der Waals surface area contributed by atoms with Gasteiger partial charge in [-0.05, 0) is 43.7 Å². The van der Waals surface area contributed by atoms with Gasteiger partial charge >= 0.3 is 5.97 Å². The quantitative estimate of drug-likeness (QED) is 0.569. The van der Waals surface area contributed by atoms with E-state index in [1.807, 2.05) is 0 Å². The molecule has 0 aliphatic rings. The summed E-state index contributed by atoms with van der Waals surface area (Å²) < 4.78 is 0. The van der Waals surface area contributed by atoms with Crippen molar-refractivity contribution in [3.8, 4) is 0 Å². The maximum atomic E-state index is 9.87. The molecule has 0 radical (unpaired) electrons. The number of hydrogen-bond donors (Lipinski definition) is 1. The molecule has 2 rings (SSSR count). The summed E-state index contributed by atoms with van der Waals surface area (Å²) in [4.78, 5) is 19.6.